The van der Waals surface area contributed by atoms with Gasteiger partial charge in [-0.05, 0) is 12.8 Å². The summed E-state index contributed by atoms with van der Waals surface area (Å²) in [5.41, 5.74) is 1.08. The minimum Gasteiger partial charge on any atom is -0.292 e. The topological polar surface area (TPSA) is 46.5 Å². The van der Waals surface area contributed by atoms with E-state index in [0.29, 0.717) is 11.1 Å². The zero-order valence-electron chi connectivity index (χ0n) is 10.4. The summed E-state index contributed by atoms with van der Waals surface area (Å²) in [6.45, 7) is 0. The molecule has 2 aliphatic rings. The summed E-state index contributed by atoms with van der Waals surface area (Å²) < 4.78 is 0. The largest absolute Gasteiger partial charge is 0.292 e. The Kier molecular flexibility index (Phi) is 3.23. The Bertz CT molecular complexity index is 573. The molecule has 0 aromatic heterocycles. The van der Waals surface area contributed by atoms with E-state index in [1.807, 2.05) is 0 Å². The molecule has 1 aromatic rings. The zero-order chi connectivity index (χ0) is 13.4. The lowest BCUT2D eigenvalue weighted by Crippen LogP contribution is -2.38. The number of fused-ring (bicyclic) bond motifs is 1. The van der Waals surface area contributed by atoms with Crippen molar-refractivity contribution in [1.29, 1.82) is 0 Å². The fourth-order valence-corrected chi connectivity index (χ4v) is 3.04. The van der Waals surface area contributed by atoms with Crippen LogP contribution in [0.15, 0.2) is 29.3 Å². The van der Waals surface area contributed by atoms with E-state index in [9.17, 15) is 9.59 Å². The number of hydrogen-bond donors (Lipinski definition) is 0. The highest BCUT2D eigenvalue weighted by molar-refractivity contribution is 6.64. The molecule has 4 heteroatoms. The molecule has 3 rings (SSSR count). The van der Waals surface area contributed by atoms with Gasteiger partial charge in [0, 0.05) is 11.1 Å². The molecule has 19 heavy (non-hydrogen) atoms. The van der Waals surface area contributed by atoms with Crippen molar-refractivity contribution in [3.8, 4) is 0 Å². The average molecular weight is 276 g/mol. The molecule has 3 nitrogen and oxygen atoms in total. The third-order valence-electron chi connectivity index (χ3n) is 3.79. The Labute approximate surface area is 116 Å². The van der Waals surface area contributed by atoms with Gasteiger partial charge in [0.15, 0.2) is 5.78 Å². The Balaban J connectivity index is 2.03. The van der Waals surface area contributed by atoms with Crippen molar-refractivity contribution in [3.63, 3.8) is 0 Å². The molecule has 1 aromatic carbocycles. The van der Waals surface area contributed by atoms with E-state index in [-0.39, 0.29) is 23.3 Å². The van der Waals surface area contributed by atoms with E-state index >= 15 is 0 Å². The van der Waals surface area contributed by atoms with Crippen molar-refractivity contribution in [1.82, 2.24) is 0 Å². The highest BCUT2D eigenvalue weighted by atomic mass is 35.5. The summed E-state index contributed by atoms with van der Waals surface area (Å²) in [5, 5.41) is -0.928. The Morgan fingerprint density at radius 1 is 1.05 bits per heavy atom. The van der Waals surface area contributed by atoms with Crippen LogP contribution in [0.5, 0.6) is 0 Å². The second-order valence-electron chi connectivity index (χ2n) is 5.05. The minimum atomic E-state index is -0.928. The van der Waals surface area contributed by atoms with Crippen LogP contribution in [0.25, 0.3) is 0 Å². The first kappa shape index (κ1) is 12.5. The van der Waals surface area contributed by atoms with E-state index in [4.69, 9.17) is 11.6 Å². The van der Waals surface area contributed by atoms with Gasteiger partial charge in [-0.2, -0.15) is 0 Å². The standard InChI is InChI=1S/C15H14ClNO2/c16-12-13(17-9-5-1-2-6-9)15(19)11-8-4-3-7-10(11)14(12)18/h3-4,7-9,12H,1-2,5-6H2. The monoisotopic (exact) mass is 275 g/mol. The molecule has 2 aliphatic carbocycles. The van der Waals surface area contributed by atoms with Crippen LogP contribution in [0.1, 0.15) is 46.4 Å². The van der Waals surface area contributed by atoms with Crippen LogP contribution in [-0.4, -0.2) is 28.7 Å². The van der Waals surface area contributed by atoms with Gasteiger partial charge >= 0.3 is 0 Å². The van der Waals surface area contributed by atoms with Gasteiger partial charge in [0.2, 0.25) is 5.78 Å². The fourth-order valence-electron chi connectivity index (χ4n) is 2.76. The molecule has 0 radical (unpaired) electrons. The predicted molar refractivity (Wildman–Crippen MR) is 74.4 cm³/mol. The minimum absolute atomic E-state index is 0.151. The highest BCUT2D eigenvalue weighted by Gasteiger charge is 2.37. The second-order valence-corrected chi connectivity index (χ2v) is 5.49. The van der Waals surface area contributed by atoms with Gasteiger partial charge in [-0.1, -0.05) is 37.1 Å². The first-order valence-corrected chi connectivity index (χ1v) is 7.02. The first-order valence-electron chi connectivity index (χ1n) is 6.58. The van der Waals surface area contributed by atoms with Crippen molar-refractivity contribution < 1.29 is 9.59 Å². The molecule has 1 fully saturated rings. The molecule has 0 saturated heterocycles. The van der Waals surface area contributed by atoms with Crippen molar-refractivity contribution >= 4 is 28.9 Å². The van der Waals surface area contributed by atoms with E-state index in [2.05, 4.69) is 4.99 Å². The molecule has 0 heterocycles. The van der Waals surface area contributed by atoms with Crippen LogP contribution in [0.4, 0.5) is 0 Å². The molecule has 1 unspecified atom stereocenters. The van der Waals surface area contributed by atoms with Crippen LogP contribution in [0.2, 0.25) is 0 Å². The SMILES string of the molecule is O=C1C(=NC2CCCC2)C(Cl)C(=O)c2ccccc21. The lowest BCUT2D eigenvalue weighted by Gasteiger charge is -2.20. The Morgan fingerprint density at radius 3 is 2.37 bits per heavy atom. The summed E-state index contributed by atoms with van der Waals surface area (Å²) in [5.74, 6) is -0.407. The number of hydrogen-bond acceptors (Lipinski definition) is 3. The second kappa shape index (κ2) is 4.89. The van der Waals surface area contributed by atoms with Crippen LogP contribution in [0.3, 0.4) is 0 Å². The lowest BCUT2D eigenvalue weighted by molar-refractivity contribution is 0.0967. The average Bonchev–Trinajstić information content (AvgIpc) is 2.94. The highest BCUT2D eigenvalue weighted by Crippen LogP contribution is 2.27. The number of nitrogens with zero attached hydrogens (tertiary/aromatic N) is 1. The van der Waals surface area contributed by atoms with Crippen LogP contribution in [0, 0.1) is 0 Å². The molecule has 1 atom stereocenters. The third-order valence-corrected chi connectivity index (χ3v) is 4.19. The number of alkyl halides is 1. The van der Waals surface area contributed by atoms with Crippen molar-refractivity contribution in [2.75, 3.05) is 0 Å². The Morgan fingerprint density at radius 2 is 1.68 bits per heavy atom. The number of carbonyl (C=O) groups is 2. The fraction of sp³-hybridized carbons (Fsp3) is 0.400. The molecule has 0 bridgehead atoms. The smallest absolute Gasteiger partial charge is 0.209 e. The Hall–Kier alpha value is -1.48. The first-order chi connectivity index (χ1) is 9.18. The normalized spacial score (nSPS) is 25.9. The lowest BCUT2D eigenvalue weighted by atomic mass is 9.87. The molecular weight excluding hydrogens is 262 g/mol. The van der Waals surface area contributed by atoms with E-state index in [1.165, 1.54) is 0 Å². The number of ketones is 2. The van der Waals surface area contributed by atoms with Gasteiger partial charge in [0.1, 0.15) is 11.1 Å². The van der Waals surface area contributed by atoms with Crippen LogP contribution >= 0.6 is 11.6 Å². The molecular formula is C15H14ClNO2. The number of aliphatic imine (C=N–C) groups is 1. The van der Waals surface area contributed by atoms with Crippen molar-refractivity contribution in [2.24, 2.45) is 4.99 Å². The van der Waals surface area contributed by atoms with Gasteiger partial charge in [0.25, 0.3) is 0 Å². The van der Waals surface area contributed by atoms with E-state index < -0.39 is 5.38 Å². The molecule has 0 aliphatic heterocycles. The molecule has 0 amide bonds. The summed E-state index contributed by atoms with van der Waals surface area (Å²) in [6.07, 6.45) is 4.23. The van der Waals surface area contributed by atoms with Gasteiger partial charge < -0.3 is 0 Å². The number of halogens is 1. The maximum Gasteiger partial charge on any atom is 0.209 e. The number of benzene rings is 1. The van der Waals surface area contributed by atoms with Crippen LogP contribution in [-0.2, 0) is 0 Å². The van der Waals surface area contributed by atoms with E-state index in [0.717, 1.165) is 25.7 Å². The van der Waals surface area contributed by atoms with Gasteiger partial charge in [0.05, 0.1) is 6.04 Å². The van der Waals surface area contributed by atoms with Crippen molar-refractivity contribution in [3.05, 3.63) is 35.4 Å². The number of rotatable bonds is 1. The molecule has 0 N–H and O–H groups in total. The molecule has 0 spiro atoms. The predicted octanol–water partition coefficient (Wildman–Crippen LogP) is 3.06. The zero-order valence-corrected chi connectivity index (χ0v) is 11.2. The van der Waals surface area contributed by atoms with Gasteiger partial charge in [-0.25, -0.2) is 0 Å². The van der Waals surface area contributed by atoms with E-state index in [1.54, 1.807) is 24.3 Å². The summed E-state index contributed by atoms with van der Waals surface area (Å²) in [7, 11) is 0. The van der Waals surface area contributed by atoms with Gasteiger partial charge in [-0.15, -0.1) is 11.6 Å². The van der Waals surface area contributed by atoms with Crippen LogP contribution < -0.4 is 0 Å². The summed E-state index contributed by atoms with van der Waals surface area (Å²) in [4.78, 5) is 29.0. The maximum absolute atomic E-state index is 12.4. The molecule has 98 valence electrons. The number of Topliss-reactive ketones (excluding diaryl/α,β-unsaturated/α-hetero) is 2. The summed E-state index contributed by atoms with van der Waals surface area (Å²) in [6, 6.07) is 6.97. The van der Waals surface area contributed by atoms with Crippen molar-refractivity contribution in [2.45, 2.75) is 37.1 Å². The number of carbonyl (C=O) groups excluding carboxylic acids is 2. The maximum atomic E-state index is 12.4. The quantitative estimate of drug-likeness (QED) is 0.740. The summed E-state index contributed by atoms with van der Waals surface area (Å²) >= 11 is 6.13. The third kappa shape index (κ3) is 2.12. The molecule has 1 saturated carbocycles. The van der Waals surface area contributed by atoms with Gasteiger partial charge in [-0.3, -0.25) is 14.6 Å².